The molecule has 0 radical (unpaired) electrons. The number of benzene rings is 3. The van der Waals surface area contributed by atoms with E-state index >= 15 is 0 Å². The molecule has 4 aromatic rings. The van der Waals surface area contributed by atoms with Gasteiger partial charge in [-0.05, 0) is 48.7 Å². The summed E-state index contributed by atoms with van der Waals surface area (Å²) >= 11 is 0. The van der Waals surface area contributed by atoms with Crippen LogP contribution in [-0.4, -0.2) is 78.8 Å². The molecule has 228 valence electrons. The highest BCUT2D eigenvalue weighted by atomic mass is 16.5. The van der Waals surface area contributed by atoms with E-state index in [2.05, 4.69) is 15.1 Å². The fraction of sp³-hybridized carbons (Fsp3) is 0.314. The first-order valence-corrected chi connectivity index (χ1v) is 14.9. The second kappa shape index (κ2) is 14.5. The number of methoxy groups -OCH3 is 2. The van der Waals surface area contributed by atoms with Crippen LogP contribution in [0.5, 0.6) is 11.5 Å². The van der Waals surface area contributed by atoms with Gasteiger partial charge in [-0.1, -0.05) is 60.7 Å². The molecule has 0 spiro atoms. The van der Waals surface area contributed by atoms with Crippen molar-refractivity contribution in [3.63, 3.8) is 0 Å². The van der Waals surface area contributed by atoms with E-state index < -0.39 is 0 Å². The van der Waals surface area contributed by atoms with Crippen molar-refractivity contribution >= 4 is 17.6 Å². The number of nitrogens with zero attached hydrogens (tertiary/aromatic N) is 5. The molecule has 1 atom stereocenters. The molecule has 5 rings (SSSR count). The van der Waals surface area contributed by atoms with Gasteiger partial charge in [0.15, 0.2) is 5.82 Å². The molecule has 3 aromatic carbocycles. The summed E-state index contributed by atoms with van der Waals surface area (Å²) < 4.78 is 10.8. The van der Waals surface area contributed by atoms with Gasteiger partial charge >= 0.3 is 0 Å². The van der Waals surface area contributed by atoms with Gasteiger partial charge in [-0.3, -0.25) is 9.59 Å². The third kappa shape index (κ3) is 7.34. The van der Waals surface area contributed by atoms with Crippen molar-refractivity contribution in [2.75, 3.05) is 51.8 Å². The Morgan fingerprint density at radius 2 is 1.59 bits per heavy atom. The molecule has 2 amide bonds. The highest BCUT2D eigenvalue weighted by molar-refractivity contribution is 5.86. The van der Waals surface area contributed by atoms with Crippen LogP contribution in [0.25, 0.3) is 11.3 Å². The van der Waals surface area contributed by atoms with Gasteiger partial charge in [0.05, 0.1) is 32.4 Å². The predicted molar refractivity (Wildman–Crippen MR) is 171 cm³/mol. The number of rotatable bonds is 10. The second-order valence-electron chi connectivity index (χ2n) is 10.8. The van der Waals surface area contributed by atoms with Crippen LogP contribution < -0.4 is 14.4 Å². The maximum atomic E-state index is 13.7. The summed E-state index contributed by atoms with van der Waals surface area (Å²) in [4.78, 5) is 33.0. The molecule has 1 aliphatic rings. The molecule has 9 heteroatoms. The number of aromatic nitrogens is 2. The fourth-order valence-electron chi connectivity index (χ4n) is 5.51. The summed E-state index contributed by atoms with van der Waals surface area (Å²) in [7, 11) is 3.23. The largest absolute Gasteiger partial charge is 0.497 e. The lowest BCUT2D eigenvalue weighted by Gasteiger charge is -2.32. The molecule has 1 aliphatic heterocycles. The minimum Gasteiger partial charge on any atom is -0.497 e. The van der Waals surface area contributed by atoms with Crippen molar-refractivity contribution in [1.82, 2.24) is 20.0 Å². The zero-order chi connectivity index (χ0) is 30.9. The van der Waals surface area contributed by atoms with Gasteiger partial charge in [-0.15, -0.1) is 10.2 Å². The van der Waals surface area contributed by atoms with Crippen LogP contribution in [0, 0.1) is 0 Å². The van der Waals surface area contributed by atoms with Crippen molar-refractivity contribution < 1.29 is 19.1 Å². The van der Waals surface area contributed by atoms with E-state index in [9.17, 15) is 9.59 Å². The topological polar surface area (TPSA) is 88.1 Å². The molecule has 44 heavy (non-hydrogen) atoms. The average Bonchev–Trinajstić information content (AvgIpc) is 3.34. The van der Waals surface area contributed by atoms with E-state index in [0.29, 0.717) is 36.8 Å². The molecular formula is C35H39N5O4. The first-order valence-electron chi connectivity index (χ1n) is 14.9. The van der Waals surface area contributed by atoms with Crippen molar-refractivity contribution in [2.24, 2.45) is 0 Å². The number of hydrogen-bond donors (Lipinski definition) is 0. The van der Waals surface area contributed by atoms with Gasteiger partial charge < -0.3 is 24.2 Å². The van der Waals surface area contributed by atoms with Crippen molar-refractivity contribution in [1.29, 1.82) is 0 Å². The Morgan fingerprint density at radius 3 is 2.27 bits per heavy atom. The molecule has 0 N–H and O–H groups in total. The molecular weight excluding hydrogens is 554 g/mol. The van der Waals surface area contributed by atoms with Crippen LogP contribution in [0.15, 0.2) is 91.0 Å². The molecule has 1 fully saturated rings. The summed E-state index contributed by atoms with van der Waals surface area (Å²) in [5.74, 6) is 2.00. The van der Waals surface area contributed by atoms with E-state index in [1.807, 2.05) is 103 Å². The highest BCUT2D eigenvalue weighted by Gasteiger charge is 2.28. The second-order valence-corrected chi connectivity index (χ2v) is 10.8. The Morgan fingerprint density at radius 1 is 0.841 bits per heavy atom. The minimum atomic E-state index is -0.238. The normalized spacial score (nSPS) is 14.0. The van der Waals surface area contributed by atoms with E-state index in [0.717, 1.165) is 35.5 Å². The molecule has 1 saturated heterocycles. The minimum absolute atomic E-state index is 0.0277. The van der Waals surface area contributed by atoms with Crippen molar-refractivity contribution in [3.05, 3.63) is 102 Å². The number of carbonyl (C=O) groups excluding carboxylic acids is 2. The van der Waals surface area contributed by atoms with E-state index in [4.69, 9.17) is 9.47 Å². The molecule has 1 aromatic heterocycles. The SMILES string of the molecule is COc1ccc(-c2ccc(N3CCCN(C(=O)CN(C(=O)Cc4ccccc4)[C@@H](C)c4ccccc4)CC3)nn2)c(OC)c1. The fourth-order valence-corrected chi connectivity index (χ4v) is 5.51. The number of anilines is 1. The summed E-state index contributed by atoms with van der Waals surface area (Å²) in [5, 5.41) is 8.99. The first-order chi connectivity index (χ1) is 21.5. The van der Waals surface area contributed by atoms with Gasteiger partial charge in [0.2, 0.25) is 11.8 Å². The van der Waals surface area contributed by atoms with Gasteiger partial charge in [0.1, 0.15) is 18.0 Å². The maximum absolute atomic E-state index is 13.7. The Balaban J connectivity index is 1.25. The Bertz CT molecular complexity index is 1530. The zero-order valence-corrected chi connectivity index (χ0v) is 25.6. The molecule has 0 aliphatic carbocycles. The highest BCUT2D eigenvalue weighted by Crippen LogP contribution is 2.32. The predicted octanol–water partition coefficient (Wildman–Crippen LogP) is 5.03. The van der Waals surface area contributed by atoms with Crippen molar-refractivity contribution in [3.8, 4) is 22.8 Å². The summed E-state index contributed by atoms with van der Waals surface area (Å²) in [5.41, 5.74) is 3.46. The van der Waals surface area contributed by atoms with Crippen LogP contribution in [-0.2, 0) is 16.0 Å². The molecule has 0 saturated carbocycles. The lowest BCUT2D eigenvalue weighted by molar-refractivity contribution is -0.142. The quantitative estimate of drug-likeness (QED) is 0.255. The lowest BCUT2D eigenvalue weighted by atomic mass is 10.0. The first kappa shape index (κ1) is 30.5. The van der Waals surface area contributed by atoms with Crippen LogP contribution in [0.2, 0.25) is 0 Å². The zero-order valence-electron chi connectivity index (χ0n) is 25.6. The standard InChI is InChI=1S/C35H39N5O4/c1-26(28-13-8-5-9-14-28)40(34(41)23-27-11-6-4-7-12-27)25-35(42)39-20-10-19-38(21-22-39)33-18-17-31(36-37-33)30-16-15-29(43-2)24-32(30)44-3/h4-9,11-18,24,26H,10,19-23,25H2,1-3H3/t26-/m0/s1. The van der Waals surface area contributed by atoms with E-state index in [1.165, 1.54) is 0 Å². The molecule has 0 bridgehead atoms. The number of amides is 2. The van der Waals surface area contributed by atoms with Crippen LogP contribution in [0.1, 0.15) is 30.5 Å². The Hall–Kier alpha value is -4.92. The van der Waals surface area contributed by atoms with E-state index in [1.54, 1.807) is 19.1 Å². The van der Waals surface area contributed by atoms with E-state index in [-0.39, 0.29) is 30.8 Å². The van der Waals surface area contributed by atoms with Gasteiger partial charge in [0, 0.05) is 37.8 Å². The van der Waals surface area contributed by atoms with Gasteiger partial charge in [0.25, 0.3) is 0 Å². The lowest BCUT2D eigenvalue weighted by Crippen LogP contribution is -2.45. The van der Waals surface area contributed by atoms with Crippen LogP contribution in [0.3, 0.4) is 0 Å². The smallest absolute Gasteiger partial charge is 0.242 e. The third-order valence-corrected chi connectivity index (χ3v) is 8.08. The van der Waals surface area contributed by atoms with Crippen molar-refractivity contribution in [2.45, 2.75) is 25.8 Å². The third-order valence-electron chi connectivity index (χ3n) is 8.08. The van der Waals surface area contributed by atoms with Gasteiger partial charge in [-0.25, -0.2) is 0 Å². The molecule has 2 heterocycles. The number of carbonyl (C=O) groups is 2. The average molecular weight is 594 g/mol. The maximum Gasteiger partial charge on any atom is 0.242 e. The molecule has 0 unspecified atom stereocenters. The number of hydrogen-bond acceptors (Lipinski definition) is 7. The summed E-state index contributed by atoms with van der Waals surface area (Å²) in [6, 6.07) is 28.8. The van der Waals surface area contributed by atoms with Gasteiger partial charge in [-0.2, -0.15) is 0 Å². The Labute approximate surface area is 259 Å². The van der Waals surface area contributed by atoms with Crippen LogP contribution >= 0.6 is 0 Å². The monoisotopic (exact) mass is 593 g/mol. The summed E-state index contributed by atoms with van der Waals surface area (Å²) in [6.45, 7) is 4.54. The van der Waals surface area contributed by atoms with Crippen LogP contribution in [0.4, 0.5) is 5.82 Å². The number of ether oxygens (including phenoxy) is 2. The molecule has 9 nitrogen and oxygen atoms in total. The Kier molecular flexibility index (Phi) is 10.1. The summed E-state index contributed by atoms with van der Waals surface area (Å²) in [6.07, 6.45) is 1.03.